The molecule has 1 aliphatic rings. The molecule has 0 bridgehead atoms. The number of carbonyl (C=O) groups is 1. The lowest BCUT2D eigenvalue weighted by atomic mass is 10.1. The highest BCUT2D eigenvalue weighted by molar-refractivity contribution is 5.95. The summed E-state index contributed by atoms with van der Waals surface area (Å²) in [5.74, 6) is -1.31. The Balaban J connectivity index is 1.87. The minimum Gasteiger partial charge on any atom is -0.350 e. The van der Waals surface area contributed by atoms with Gasteiger partial charge in [0.05, 0.1) is 13.2 Å². The minimum absolute atomic E-state index is 0.0384. The molecule has 1 saturated heterocycles. The van der Waals surface area contributed by atoms with Crippen molar-refractivity contribution < 1.29 is 14.3 Å². The monoisotopic (exact) mass is 344 g/mol. The van der Waals surface area contributed by atoms with Crippen LogP contribution >= 0.6 is 0 Å². The molecule has 0 N–H and O–H groups in total. The van der Waals surface area contributed by atoms with Crippen LogP contribution in [-0.2, 0) is 16.0 Å². The van der Waals surface area contributed by atoms with Crippen molar-refractivity contribution in [2.45, 2.75) is 26.2 Å². The SMILES string of the molecule is CC1(C)OCC(Cn2ccc(=O)n(C(=O)c3ccccc3)c2=O)CO1. The van der Waals surface area contributed by atoms with Crippen LogP contribution in [-0.4, -0.2) is 34.0 Å². The van der Waals surface area contributed by atoms with Gasteiger partial charge in [0.1, 0.15) is 0 Å². The maximum Gasteiger partial charge on any atom is 0.338 e. The predicted molar refractivity (Wildman–Crippen MR) is 90.6 cm³/mol. The zero-order chi connectivity index (χ0) is 18.0. The molecule has 3 rings (SSSR count). The van der Waals surface area contributed by atoms with Gasteiger partial charge in [0.15, 0.2) is 5.79 Å². The van der Waals surface area contributed by atoms with E-state index in [0.29, 0.717) is 24.3 Å². The van der Waals surface area contributed by atoms with E-state index in [1.54, 1.807) is 30.3 Å². The Morgan fingerprint density at radius 2 is 1.76 bits per heavy atom. The van der Waals surface area contributed by atoms with Gasteiger partial charge in [-0.15, -0.1) is 0 Å². The van der Waals surface area contributed by atoms with Crippen molar-refractivity contribution in [3.05, 3.63) is 69.0 Å². The van der Waals surface area contributed by atoms with Gasteiger partial charge in [-0.3, -0.25) is 14.2 Å². The first-order valence-corrected chi connectivity index (χ1v) is 8.07. The molecule has 7 heteroatoms. The third-order valence-electron chi connectivity index (χ3n) is 4.07. The zero-order valence-electron chi connectivity index (χ0n) is 14.2. The van der Waals surface area contributed by atoms with Crippen molar-refractivity contribution in [2.24, 2.45) is 5.92 Å². The molecule has 2 heterocycles. The van der Waals surface area contributed by atoms with Crippen LogP contribution in [0.2, 0.25) is 0 Å². The fourth-order valence-electron chi connectivity index (χ4n) is 2.66. The molecule has 25 heavy (non-hydrogen) atoms. The van der Waals surface area contributed by atoms with E-state index in [-0.39, 0.29) is 11.5 Å². The van der Waals surface area contributed by atoms with E-state index in [0.717, 1.165) is 0 Å². The Bertz CT molecular complexity index is 872. The lowest BCUT2D eigenvalue weighted by molar-refractivity contribution is -0.263. The van der Waals surface area contributed by atoms with E-state index < -0.39 is 22.9 Å². The van der Waals surface area contributed by atoms with E-state index in [1.807, 2.05) is 13.8 Å². The highest BCUT2D eigenvalue weighted by Gasteiger charge is 2.29. The predicted octanol–water partition coefficient (Wildman–Crippen LogP) is 1.10. The van der Waals surface area contributed by atoms with Crippen LogP contribution in [0.3, 0.4) is 0 Å². The minimum atomic E-state index is -0.661. The molecule has 1 fully saturated rings. The summed E-state index contributed by atoms with van der Waals surface area (Å²) in [6.45, 7) is 4.83. The number of aromatic nitrogens is 2. The number of carbonyl (C=O) groups excluding carboxylic acids is 1. The molecule has 0 atom stereocenters. The van der Waals surface area contributed by atoms with Gasteiger partial charge in [0, 0.05) is 30.3 Å². The average molecular weight is 344 g/mol. The number of rotatable bonds is 3. The summed E-state index contributed by atoms with van der Waals surface area (Å²) < 4.78 is 13.2. The maximum absolute atomic E-state index is 12.6. The smallest absolute Gasteiger partial charge is 0.338 e. The highest BCUT2D eigenvalue weighted by Crippen LogP contribution is 2.20. The summed E-state index contributed by atoms with van der Waals surface area (Å²) >= 11 is 0. The molecule has 0 unspecified atom stereocenters. The van der Waals surface area contributed by atoms with E-state index >= 15 is 0 Å². The molecular formula is C18H20N2O5. The lowest BCUT2D eigenvalue weighted by Crippen LogP contribution is -2.46. The van der Waals surface area contributed by atoms with Crippen LogP contribution in [0.4, 0.5) is 0 Å². The molecule has 1 aliphatic heterocycles. The largest absolute Gasteiger partial charge is 0.350 e. The molecule has 132 valence electrons. The van der Waals surface area contributed by atoms with Gasteiger partial charge in [-0.05, 0) is 26.0 Å². The molecule has 0 spiro atoms. The fraction of sp³-hybridized carbons (Fsp3) is 0.389. The molecule has 0 saturated carbocycles. The average Bonchev–Trinajstić information content (AvgIpc) is 2.60. The second kappa shape index (κ2) is 6.78. The summed E-state index contributed by atoms with van der Waals surface area (Å²) in [6.07, 6.45) is 1.40. The third-order valence-corrected chi connectivity index (χ3v) is 4.07. The Labute approximate surface area is 144 Å². The second-order valence-electron chi connectivity index (χ2n) is 6.48. The molecule has 1 aromatic heterocycles. The van der Waals surface area contributed by atoms with Gasteiger partial charge in [-0.25, -0.2) is 4.79 Å². The summed E-state index contributed by atoms with van der Waals surface area (Å²) in [4.78, 5) is 37.2. The number of benzene rings is 1. The van der Waals surface area contributed by atoms with Gasteiger partial charge >= 0.3 is 5.69 Å². The molecule has 0 amide bonds. The van der Waals surface area contributed by atoms with E-state index in [1.165, 1.54) is 16.8 Å². The van der Waals surface area contributed by atoms with Crippen LogP contribution < -0.4 is 11.2 Å². The Morgan fingerprint density at radius 3 is 2.40 bits per heavy atom. The normalized spacial score (nSPS) is 17.4. The van der Waals surface area contributed by atoms with Crippen LogP contribution in [0.15, 0.2) is 52.2 Å². The molecule has 0 radical (unpaired) electrons. The van der Waals surface area contributed by atoms with Crippen LogP contribution in [0.5, 0.6) is 0 Å². The van der Waals surface area contributed by atoms with Crippen molar-refractivity contribution in [2.75, 3.05) is 13.2 Å². The van der Waals surface area contributed by atoms with Gasteiger partial charge in [0.25, 0.3) is 11.5 Å². The Hall–Kier alpha value is -2.51. The van der Waals surface area contributed by atoms with Crippen LogP contribution in [0.25, 0.3) is 0 Å². The lowest BCUT2D eigenvalue weighted by Gasteiger charge is -2.35. The second-order valence-corrected chi connectivity index (χ2v) is 6.48. The van der Waals surface area contributed by atoms with Gasteiger partial charge in [-0.2, -0.15) is 4.57 Å². The topological polar surface area (TPSA) is 79.5 Å². The molecular weight excluding hydrogens is 324 g/mol. The Morgan fingerprint density at radius 1 is 1.12 bits per heavy atom. The van der Waals surface area contributed by atoms with Crippen molar-refractivity contribution in [1.29, 1.82) is 0 Å². The van der Waals surface area contributed by atoms with Gasteiger partial charge in [-0.1, -0.05) is 18.2 Å². The first kappa shape index (κ1) is 17.3. The van der Waals surface area contributed by atoms with E-state index in [9.17, 15) is 14.4 Å². The quantitative estimate of drug-likeness (QED) is 0.833. The zero-order valence-corrected chi connectivity index (χ0v) is 14.2. The highest BCUT2D eigenvalue weighted by atomic mass is 16.7. The summed E-state index contributed by atoms with van der Waals surface area (Å²) in [6, 6.07) is 9.47. The van der Waals surface area contributed by atoms with Gasteiger partial charge in [0.2, 0.25) is 0 Å². The molecule has 2 aromatic rings. The van der Waals surface area contributed by atoms with Crippen molar-refractivity contribution >= 4 is 5.91 Å². The first-order valence-electron chi connectivity index (χ1n) is 8.07. The number of hydrogen-bond donors (Lipinski definition) is 0. The van der Waals surface area contributed by atoms with Crippen LogP contribution in [0.1, 0.15) is 24.2 Å². The van der Waals surface area contributed by atoms with E-state index in [2.05, 4.69) is 0 Å². The van der Waals surface area contributed by atoms with Crippen molar-refractivity contribution in [3.63, 3.8) is 0 Å². The first-order chi connectivity index (χ1) is 11.9. The summed E-state index contributed by atoms with van der Waals surface area (Å²) in [7, 11) is 0. The van der Waals surface area contributed by atoms with Crippen molar-refractivity contribution in [1.82, 2.24) is 9.13 Å². The fourth-order valence-corrected chi connectivity index (χ4v) is 2.66. The van der Waals surface area contributed by atoms with Crippen LogP contribution in [0, 0.1) is 5.92 Å². The Kier molecular flexibility index (Phi) is 4.69. The van der Waals surface area contributed by atoms with Gasteiger partial charge < -0.3 is 9.47 Å². The standard InChI is InChI=1S/C18H20N2O5/c1-18(2)24-11-13(12-25-18)10-19-9-8-15(21)20(17(19)23)16(22)14-6-4-3-5-7-14/h3-9,13H,10-12H2,1-2H3. The molecule has 7 nitrogen and oxygen atoms in total. The summed E-state index contributed by atoms with van der Waals surface area (Å²) in [5, 5.41) is 0. The number of nitrogens with zero attached hydrogens (tertiary/aromatic N) is 2. The maximum atomic E-state index is 12.6. The number of hydrogen-bond acceptors (Lipinski definition) is 5. The van der Waals surface area contributed by atoms with Crippen molar-refractivity contribution in [3.8, 4) is 0 Å². The molecule has 0 aliphatic carbocycles. The molecule has 1 aromatic carbocycles. The summed E-state index contributed by atoms with van der Waals surface area (Å²) in [5.41, 5.74) is -1.02. The van der Waals surface area contributed by atoms with E-state index in [4.69, 9.17) is 9.47 Å². The number of ether oxygens (including phenoxy) is 2. The third kappa shape index (κ3) is 3.78.